The van der Waals surface area contributed by atoms with Gasteiger partial charge in [-0.15, -0.1) is 0 Å². The van der Waals surface area contributed by atoms with E-state index in [4.69, 9.17) is 4.74 Å². The molecule has 11 heteroatoms. The maximum atomic E-state index is 13.1. The first-order valence-electron chi connectivity index (χ1n) is 6.98. The first-order valence-corrected chi connectivity index (χ1v) is 6.98. The van der Waals surface area contributed by atoms with Gasteiger partial charge in [-0.05, 0) is 26.8 Å². The Labute approximate surface area is 135 Å². The first-order chi connectivity index (χ1) is 11.0. The molecule has 0 radical (unpaired) electrons. The Kier molecular flexibility index (Phi) is 4.45. The number of urea groups is 1. The fraction of sp³-hybridized carbons (Fsp3) is 0.538. The molecule has 0 bridgehead atoms. The Bertz CT molecular complexity index is 670. The Balaban J connectivity index is 2.29. The van der Waals surface area contributed by atoms with E-state index in [9.17, 15) is 23.2 Å². The highest BCUT2D eigenvalue weighted by Gasteiger charge is 2.51. The van der Waals surface area contributed by atoms with Crippen LogP contribution in [0.5, 0.6) is 0 Å². The van der Waals surface area contributed by atoms with Crippen LogP contribution in [-0.2, 0) is 15.1 Å². The molecule has 0 aliphatic carbocycles. The van der Waals surface area contributed by atoms with E-state index in [-0.39, 0.29) is 5.69 Å². The number of rotatable bonds is 4. The average Bonchev–Trinajstić information content (AvgIpc) is 3.00. The summed E-state index contributed by atoms with van der Waals surface area (Å²) in [4.78, 5) is 35.5. The van der Waals surface area contributed by atoms with E-state index in [1.54, 1.807) is 20.8 Å². The number of hydrogen-bond donors (Lipinski definition) is 3. The number of halogens is 2. The van der Waals surface area contributed by atoms with Gasteiger partial charge in [0, 0.05) is 6.20 Å². The van der Waals surface area contributed by atoms with Crippen LogP contribution in [0.1, 0.15) is 33.0 Å². The van der Waals surface area contributed by atoms with Crippen LogP contribution in [0.15, 0.2) is 12.3 Å². The average molecular weight is 345 g/mol. The maximum absolute atomic E-state index is 13.1. The molecule has 3 N–H and O–H groups in total. The summed E-state index contributed by atoms with van der Waals surface area (Å²) in [6.45, 7) is 1.39. The molecule has 4 amide bonds. The molecule has 2 heterocycles. The largest absolute Gasteiger partial charge is 0.444 e. The smallest absolute Gasteiger partial charge is 0.407 e. The minimum atomic E-state index is -3.03. The third-order valence-corrected chi connectivity index (χ3v) is 3.13. The van der Waals surface area contributed by atoms with E-state index >= 15 is 0 Å². The number of hydrogen-bond acceptors (Lipinski definition) is 5. The monoisotopic (exact) mass is 345 g/mol. The molecule has 0 saturated carbocycles. The van der Waals surface area contributed by atoms with Gasteiger partial charge in [0.2, 0.25) is 0 Å². The van der Waals surface area contributed by atoms with Crippen LogP contribution in [0.3, 0.4) is 0 Å². The highest BCUT2D eigenvalue weighted by atomic mass is 19.3. The summed E-state index contributed by atoms with van der Waals surface area (Å²) in [6.07, 6.45) is 0.202. The van der Waals surface area contributed by atoms with Crippen LogP contribution in [0.25, 0.3) is 0 Å². The predicted octanol–water partition coefficient (Wildman–Crippen LogP) is 0.838. The van der Waals surface area contributed by atoms with E-state index < -0.39 is 42.3 Å². The van der Waals surface area contributed by atoms with Crippen LogP contribution in [-0.4, -0.2) is 40.0 Å². The maximum Gasteiger partial charge on any atom is 0.407 e. The summed E-state index contributed by atoms with van der Waals surface area (Å²) in [5.74, 6) is -0.883. The third-order valence-electron chi connectivity index (χ3n) is 3.13. The highest BCUT2D eigenvalue weighted by molar-refractivity contribution is 6.07. The molecular formula is C13H17F2N5O4. The van der Waals surface area contributed by atoms with Crippen LogP contribution >= 0.6 is 0 Å². The lowest BCUT2D eigenvalue weighted by Gasteiger charge is -2.28. The van der Waals surface area contributed by atoms with Crippen LogP contribution in [0.2, 0.25) is 0 Å². The molecule has 132 valence electrons. The first kappa shape index (κ1) is 17.6. The highest BCUT2D eigenvalue weighted by Crippen LogP contribution is 2.27. The van der Waals surface area contributed by atoms with Crippen molar-refractivity contribution in [3.63, 3.8) is 0 Å². The predicted molar refractivity (Wildman–Crippen MR) is 76.1 cm³/mol. The van der Waals surface area contributed by atoms with E-state index in [1.165, 1.54) is 0 Å². The van der Waals surface area contributed by atoms with Gasteiger partial charge in [0.25, 0.3) is 5.91 Å². The second kappa shape index (κ2) is 6.06. The molecule has 1 aromatic rings. The van der Waals surface area contributed by atoms with Crippen LogP contribution in [0, 0.1) is 0 Å². The Morgan fingerprint density at radius 3 is 2.62 bits per heavy atom. The molecule has 1 aliphatic rings. The lowest BCUT2D eigenvalue weighted by atomic mass is 9.95. The molecule has 1 fully saturated rings. The van der Waals surface area contributed by atoms with Gasteiger partial charge in [-0.1, -0.05) is 0 Å². The molecule has 1 saturated heterocycles. The number of alkyl carbamates (subject to hydrolysis) is 1. The third kappa shape index (κ3) is 3.44. The molecule has 1 aromatic heterocycles. The summed E-state index contributed by atoms with van der Waals surface area (Å²) < 4.78 is 31.5. The van der Waals surface area contributed by atoms with Crippen molar-refractivity contribution in [2.24, 2.45) is 0 Å². The number of aromatic nitrogens is 2. The molecule has 9 nitrogen and oxygen atoms in total. The molecule has 1 unspecified atom stereocenters. The van der Waals surface area contributed by atoms with E-state index in [0.29, 0.717) is 4.68 Å². The molecule has 0 aromatic carbocycles. The van der Waals surface area contributed by atoms with Crippen LogP contribution < -0.4 is 16.0 Å². The van der Waals surface area contributed by atoms with Gasteiger partial charge >= 0.3 is 18.7 Å². The second-order valence-corrected chi connectivity index (χ2v) is 6.11. The number of alkyl halides is 2. The lowest BCUT2D eigenvalue weighted by molar-refractivity contribution is -0.124. The SMILES string of the molecule is CC(C)(C)OC(=O)NCC1(c2ccnn2C(F)F)NC(=O)NC1=O. The van der Waals surface area contributed by atoms with E-state index in [2.05, 4.69) is 15.7 Å². The van der Waals surface area contributed by atoms with Crippen molar-refractivity contribution in [2.45, 2.75) is 38.5 Å². The topological polar surface area (TPSA) is 114 Å². The second-order valence-electron chi connectivity index (χ2n) is 6.11. The molecule has 1 aliphatic heterocycles. The minimum absolute atomic E-state index is 0.267. The normalized spacial score (nSPS) is 20.8. The molecule has 0 spiro atoms. The Morgan fingerprint density at radius 2 is 2.12 bits per heavy atom. The van der Waals surface area contributed by atoms with Crippen molar-refractivity contribution in [2.75, 3.05) is 6.54 Å². The fourth-order valence-corrected chi connectivity index (χ4v) is 2.21. The number of imide groups is 1. The number of carbonyl (C=O) groups excluding carboxylic acids is 3. The fourth-order valence-electron chi connectivity index (χ4n) is 2.21. The van der Waals surface area contributed by atoms with Crippen LogP contribution in [0.4, 0.5) is 18.4 Å². The summed E-state index contributed by atoms with van der Waals surface area (Å²) in [7, 11) is 0. The van der Waals surface area contributed by atoms with Gasteiger partial charge < -0.3 is 15.4 Å². The standard InChI is InChI=1S/C13H17F2N5O4/c1-12(2,3)24-11(23)16-6-13(8(21)18-10(22)19-13)7-4-5-17-20(7)9(14)15/h4-5,9H,6H2,1-3H3,(H,16,23)(H2,18,19,21,22). The zero-order valence-corrected chi connectivity index (χ0v) is 13.2. The van der Waals surface area contributed by atoms with Crippen molar-refractivity contribution in [3.05, 3.63) is 18.0 Å². The van der Waals surface area contributed by atoms with Gasteiger partial charge in [-0.2, -0.15) is 13.9 Å². The molecule has 1 atom stereocenters. The quantitative estimate of drug-likeness (QED) is 0.700. The van der Waals surface area contributed by atoms with Crippen molar-refractivity contribution in [1.82, 2.24) is 25.7 Å². The van der Waals surface area contributed by atoms with Gasteiger partial charge in [-0.3, -0.25) is 10.1 Å². The zero-order valence-electron chi connectivity index (χ0n) is 13.2. The van der Waals surface area contributed by atoms with Crippen molar-refractivity contribution in [1.29, 1.82) is 0 Å². The number of nitrogens with one attached hydrogen (secondary N) is 3. The lowest BCUT2D eigenvalue weighted by Crippen LogP contribution is -2.54. The number of amides is 4. The van der Waals surface area contributed by atoms with Crippen molar-refractivity contribution < 1.29 is 27.9 Å². The van der Waals surface area contributed by atoms with E-state index in [0.717, 1.165) is 12.3 Å². The van der Waals surface area contributed by atoms with Gasteiger partial charge in [0.15, 0.2) is 5.54 Å². The Hall–Kier alpha value is -2.72. The van der Waals surface area contributed by atoms with Gasteiger partial charge in [-0.25, -0.2) is 14.3 Å². The number of carbonyl (C=O) groups is 3. The summed E-state index contributed by atoms with van der Waals surface area (Å²) in [5.41, 5.74) is -2.97. The van der Waals surface area contributed by atoms with Crippen molar-refractivity contribution in [3.8, 4) is 0 Å². The van der Waals surface area contributed by atoms with Gasteiger partial charge in [0.05, 0.1) is 12.2 Å². The summed E-state index contributed by atoms with van der Waals surface area (Å²) >= 11 is 0. The summed E-state index contributed by atoms with van der Waals surface area (Å²) in [5, 5.41) is 9.98. The van der Waals surface area contributed by atoms with E-state index in [1.807, 2.05) is 5.32 Å². The Morgan fingerprint density at radius 1 is 1.46 bits per heavy atom. The zero-order chi connectivity index (χ0) is 18.1. The minimum Gasteiger partial charge on any atom is -0.444 e. The summed E-state index contributed by atoms with van der Waals surface area (Å²) in [6, 6.07) is 0.293. The van der Waals surface area contributed by atoms with Gasteiger partial charge in [0.1, 0.15) is 5.60 Å². The number of ether oxygens (including phenoxy) is 1. The van der Waals surface area contributed by atoms with Crippen molar-refractivity contribution >= 4 is 18.0 Å². The molecular weight excluding hydrogens is 328 g/mol. The number of nitrogens with zero attached hydrogens (tertiary/aromatic N) is 2. The molecule has 24 heavy (non-hydrogen) atoms. The molecule has 2 rings (SSSR count).